The Morgan fingerprint density at radius 3 is 2.09 bits per heavy atom. The van der Waals surface area contributed by atoms with Crippen molar-refractivity contribution < 1.29 is 22.8 Å². The molecule has 2 heterocycles. The zero-order valence-corrected chi connectivity index (χ0v) is 19.8. The second-order valence-electron chi connectivity index (χ2n) is 9.41. The number of carbonyl (C=O) groups excluding carboxylic acids is 2. The maximum absolute atomic E-state index is 13.5. The SMILES string of the molecule is CC1CCN(C(=O)c2cc(NC(=O)Nc3ccc(C(F)(F)F)cc3)ccc2N2CCCCC2)CC1. The van der Waals surface area contributed by atoms with Crippen molar-refractivity contribution in [3.05, 3.63) is 53.6 Å². The Morgan fingerprint density at radius 2 is 1.46 bits per heavy atom. The Kier molecular flexibility index (Phi) is 7.52. The predicted octanol–water partition coefficient (Wildman–Crippen LogP) is 6.21. The number of hydrogen-bond acceptors (Lipinski definition) is 3. The molecule has 9 heteroatoms. The van der Waals surface area contributed by atoms with Gasteiger partial charge in [0.25, 0.3) is 5.91 Å². The zero-order chi connectivity index (χ0) is 25.0. The molecule has 0 aromatic heterocycles. The van der Waals surface area contributed by atoms with Crippen molar-refractivity contribution in [1.29, 1.82) is 0 Å². The number of likely N-dealkylation sites (tertiary alicyclic amines) is 1. The summed E-state index contributed by atoms with van der Waals surface area (Å²) in [6, 6.07) is 8.97. The van der Waals surface area contributed by atoms with Crippen LogP contribution in [-0.4, -0.2) is 43.0 Å². The molecule has 0 unspecified atom stereocenters. The number of halogens is 3. The number of benzene rings is 2. The fourth-order valence-electron chi connectivity index (χ4n) is 4.61. The normalized spacial score (nSPS) is 17.3. The largest absolute Gasteiger partial charge is 0.416 e. The van der Waals surface area contributed by atoms with E-state index in [1.165, 1.54) is 18.6 Å². The average molecular weight is 489 g/mol. The number of carbonyl (C=O) groups is 2. The Hall–Kier alpha value is -3.23. The first-order chi connectivity index (χ1) is 16.7. The van der Waals surface area contributed by atoms with Crippen LogP contribution in [-0.2, 0) is 6.18 Å². The number of anilines is 3. The van der Waals surface area contributed by atoms with Crippen LogP contribution in [0.5, 0.6) is 0 Å². The lowest BCUT2D eigenvalue weighted by Crippen LogP contribution is -2.39. The minimum Gasteiger partial charge on any atom is -0.371 e. The van der Waals surface area contributed by atoms with Gasteiger partial charge in [0.05, 0.1) is 11.1 Å². The summed E-state index contributed by atoms with van der Waals surface area (Å²) < 4.78 is 38.3. The molecule has 3 amide bonds. The summed E-state index contributed by atoms with van der Waals surface area (Å²) in [6.45, 7) is 5.40. The highest BCUT2D eigenvalue weighted by molar-refractivity contribution is 6.04. The highest BCUT2D eigenvalue weighted by atomic mass is 19.4. The minimum atomic E-state index is -4.44. The van der Waals surface area contributed by atoms with E-state index >= 15 is 0 Å². The van der Waals surface area contributed by atoms with Crippen molar-refractivity contribution in [3.63, 3.8) is 0 Å². The standard InChI is InChI=1S/C26H31F3N4O2/c1-18-11-15-33(16-12-18)24(34)22-17-21(9-10-23(22)32-13-3-2-4-14-32)31-25(35)30-20-7-5-19(6-8-20)26(27,28)29/h5-10,17-18H,2-4,11-16H2,1H3,(H2,30,31,35). The fraction of sp³-hybridized carbons (Fsp3) is 0.462. The Morgan fingerprint density at radius 1 is 0.857 bits per heavy atom. The number of rotatable bonds is 4. The average Bonchev–Trinajstić information content (AvgIpc) is 2.84. The molecule has 0 atom stereocenters. The van der Waals surface area contributed by atoms with Gasteiger partial charge in [-0.25, -0.2) is 4.79 Å². The van der Waals surface area contributed by atoms with E-state index < -0.39 is 17.8 Å². The first-order valence-corrected chi connectivity index (χ1v) is 12.1. The number of nitrogens with one attached hydrogen (secondary N) is 2. The molecule has 0 saturated carbocycles. The Balaban J connectivity index is 1.51. The summed E-state index contributed by atoms with van der Waals surface area (Å²) in [7, 11) is 0. The highest BCUT2D eigenvalue weighted by Gasteiger charge is 2.30. The molecule has 2 aliphatic heterocycles. The van der Waals surface area contributed by atoms with E-state index in [2.05, 4.69) is 22.5 Å². The van der Waals surface area contributed by atoms with Crippen LogP contribution in [0.3, 0.4) is 0 Å². The molecule has 188 valence electrons. The molecule has 0 aliphatic carbocycles. The second-order valence-corrected chi connectivity index (χ2v) is 9.41. The van der Waals surface area contributed by atoms with E-state index in [4.69, 9.17) is 0 Å². The molecule has 0 spiro atoms. The lowest BCUT2D eigenvalue weighted by atomic mass is 9.98. The van der Waals surface area contributed by atoms with Crippen molar-refractivity contribution in [1.82, 2.24) is 4.90 Å². The number of urea groups is 1. The van der Waals surface area contributed by atoms with Gasteiger partial charge < -0.3 is 20.4 Å². The third kappa shape index (κ3) is 6.26. The van der Waals surface area contributed by atoms with Crippen LogP contribution in [0.15, 0.2) is 42.5 Å². The monoisotopic (exact) mass is 488 g/mol. The van der Waals surface area contributed by atoms with Gasteiger partial charge in [0.2, 0.25) is 0 Å². The summed E-state index contributed by atoms with van der Waals surface area (Å²) in [5.41, 5.74) is 1.34. The topological polar surface area (TPSA) is 64.7 Å². The number of nitrogens with zero attached hydrogens (tertiary/aromatic N) is 2. The van der Waals surface area contributed by atoms with Gasteiger partial charge in [-0.2, -0.15) is 13.2 Å². The van der Waals surface area contributed by atoms with Crippen LogP contribution in [0, 0.1) is 5.92 Å². The molecule has 2 fully saturated rings. The molecule has 2 saturated heterocycles. The van der Waals surface area contributed by atoms with Crippen LogP contribution < -0.4 is 15.5 Å². The van der Waals surface area contributed by atoms with Crippen molar-refractivity contribution in [3.8, 4) is 0 Å². The van der Waals surface area contributed by atoms with Crippen molar-refractivity contribution in [2.75, 3.05) is 41.7 Å². The minimum absolute atomic E-state index is 0.0377. The highest BCUT2D eigenvalue weighted by Crippen LogP contribution is 2.31. The van der Waals surface area contributed by atoms with Gasteiger partial charge >= 0.3 is 12.2 Å². The van der Waals surface area contributed by atoms with Crippen LogP contribution in [0.25, 0.3) is 0 Å². The van der Waals surface area contributed by atoms with E-state index in [-0.39, 0.29) is 11.6 Å². The van der Waals surface area contributed by atoms with E-state index in [1.54, 1.807) is 12.1 Å². The zero-order valence-electron chi connectivity index (χ0n) is 19.8. The summed E-state index contributed by atoms with van der Waals surface area (Å²) in [5, 5.41) is 5.25. The third-order valence-corrected chi connectivity index (χ3v) is 6.72. The summed E-state index contributed by atoms with van der Waals surface area (Å²) in [6.07, 6.45) is 0.825. The van der Waals surface area contributed by atoms with Crippen LogP contribution in [0.2, 0.25) is 0 Å². The van der Waals surface area contributed by atoms with E-state index in [9.17, 15) is 22.8 Å². The van der Waals surface area contributed by atoms with Crippen molar-refractivity contribution in [2.24, 2.45) is 5.92 Å². The number of piperidine rings is 2. The lowest BCUT2D eigenvalue weighted by Gasteiger charge is -2.34. The van der Waals surface area contributed by atoms with Gasteiger partial charge in [0.15, 0.2) is 0 Å². The quantitative estimate of drug-likeness (QED) is 0.538. The summed E-state index contributed by atoms with van der Waals surface area (Å²) >= 11 is 0. The number of alkyl halides is 3. The van der Waals surface area contributed by atoms with Gasteiger partial charge in [-0.3, -0.25) is 4.79 Å². The van der Waals surface area contributed by atoms with Gasteiger partial charge in [-0.15, -0.1) is 0 Å². The molecule has 35 heavy (non-hydrogen) atoms. The van der Waals surface area contributed by atoms with Gasteiger partial charge in [0, 0.05) is 43.2 Å². The molecule has 2 aromatic rings. The lowest BCUT2D eigenvalue weighted by molar-refractivity contribution is -0.137. The molecular weight excluding hydrogens is 457 g/mol. The van der Waals surface area contributed by atoms with E-state index in [0.29, 0.717) is 30.3 Å². The molecule has 2 aliphatic rings. The summed E-state index contributed by atoms with van der Waals surface area (Å²) in [4.78, 5) is 30.1. The number of amides is 3. The van der Waals surface area contributed by atoms with Crippen LogP contribution in [0.1, 0.15) is 54.9 Å². The smallest absolute Gasteiger partial charge is 0.371 e. The molecule has 0 bridgehead atoms. The maximum Gasteiger partial charge on any atom is 0.416 e. The van der Waals surface area contributed by atoms with Crippen LogP contribution >= 0.6 is 0 Å². The maximum atomic E-state index is 13.5. The molecule has 4 rings (SSSR count). The molecule has 6 nitrogen and oxygen atoms in total. The van der Waals surface area contributed by atoms with Crippen molar-refractivity contribution >= 4 is 29.0 Å². The number of hydrogen-bond donors (Lipinski definition) is 2. The van der Waals surface area contributed by atoms with Crippen LogP contribution in [0.4, 0.5) is 35.0 Å². The predicted molar refractivity (Wildman–Crippen MR) is 131 cm³/mol. The molecule has 0 radical (unpaired) electrons. The first-order valence-electron chi connectivity index (χ1n) is 12.1. The second kappa shape index (κ2) is 10.6. The van der Waals surface area contributed by atoms with Gasteiger partial charge in [0.1, 0.15) is 0 Å². The summed E-state index contributed by atoms with van der Waals surface area (Å²) in [5.74, 6) is 0.562. The molecule has 2 N–H and O–H groups in total. The van der Waals surface area contributed by atoms with Gasteiger partial charge in [-0.05, 0) is 80.5 Å². The molecular formula is C26H31F3N4O2. The van der Waals surface area contributed by atoms with E-state index in [0.717, 1.165) is 56.6 Å². The van der Waals surface area contributed by atoms with Gasteiger partial charge in [-0.1, -0.05) is 6.92 Å². The fourth-order valence-corrected chi connectivity index (χ4v) is 4.61. The third-order valence-electron chi connectivity index (χ3n) is 6.72. The van der Waals surface area contributed by atoms with E-state index in [1.807, 2.05) is 11.0 Å². The Bertz CT molecular complexity index is 1040. The molecule has 2 aromatic carbocycles. The Labute approximate surface area is 203 Å². The first kappa shape index (κ1) is 24.9. The van der Waals surface area contributed by atoms with Crippen molar-refractivity contribution in [2.45, 2.75) is 45.2 Å².